The third kappa shape index (κ3) is 65.6. The molecular formula is C76H120O6. The summed E-state index contributed by atoms with van der Waals surface area (Å²) in [7, 11) is 0. The van der Waals surface area contributed by atoms with E-state index in [9.17, 15) is 14.4 Å². The standard InChI is InChI=1S/C76H120O6/c1-4-7-10-13-16-19-22-24-26-28-30-32-34-35-36-37-38-39-40-41-43-44-46-48-50-52-54-57-60-63-66-69-75(78)81-72-73(71-80-74(77)68-65-62-59-56-21-18-15-12-9-6-3)82-76(79)70-67-64-61-58-55-53-51-49-47-45-42-33-31-29-27-25-23-20-17-14-11-8-5-2/h7-8,10-12,15-17,19-20,24-27,30-33,35-36,38-39,41,43,45-48,73H,4-6,9,13-14,18,21-23,28-29,34,37,40,42,44,49-72H2,1-3H3/b10-7-,11-8-,15-12-,19-16-,20-17-,26-24-,27-25-,32-30-,33-31-,36-35-,39-38-,43-41-,47-45-,48-46-. The maximum Gasteiger partial charge on any atom is 0.306 e. The first-order valence-corrected chi connectivity index (χ1v) is 33.1. The van der Waals surface area contributed by atoms with Gasteiger partial charge in [-0.25, -0.2) is 0 Å². The molecule has 0 saturated carbocycles. The first kappa shape index (κ1) is 76.8. The van der Waals surface area contributed by atoms with Crippen LogP contribution < -0.4 is 0 Å². The lowest BCUT2D eigenvalue weighted by molar-refractivity contribution is -0.167. The van der Waals surface area contributed by atoms with E-state index in [1.54, 1.807) is 0 Å². The van der Waals surface area contributed by atoms with Gasteiger partial charge in [0.1, 0.15) is 13.2 Å². The van der Waals surface area contributed by atoms with Gasteiger partial charge >= 0.3 is 17.9 Å². The lowest BCUT2D eigenvalue weighted by Crippen LogP contribution is -2.30. The van der Waals surface area contributed by atoms with Crippen molar-refractivity contribution in [3.63, 3.8) is 0 Å². The van der Waals surface area contributed by atoms with E-state index in [-0.39, 0.29) is 31.1 Å². The molecule has 0 spiro atoms. The van der Waals surface area contributed by atoms with E-state index >= 15 is 0 Å². The Kier molecular flexibility index (Phi) is 63.9. The molecule has 6 nitrogen and oxygen atoms in total. The Morgan fingerprint density at radius 1 is 0.256 bits per heavy atom. The number of ether oxygens (including phenoxy) is 3. The first-order valence-electron chi connectivity index (χ1n) is 33.1. The van der Waals surface area contributed by atoms with Crippen molar-refractivity contribution < 1.29 is 28.6 Å². The van der Waals surface area contributed by atoms with Gasteiger partial charge in [0, 0.05) is 19.3 Å². The lowest BCUT2D eigenvalue weighted by atomic mass is 10.1. The summed E-state index contributed by atoms with van der Waals surface area (Å²) in [6.45, 7) is 6.32. The monoisotopic (exact) mass is 1130 g/mol. The molecule has 0 aromatic rings. The summed E-state index contributed by atoms with van der Waals surface area (Å²) >= 11 is 0. The Morgan fingerprint density at radius 2 is 0.476 bits per heavy atom. The molecule has 0 heterocycles. The van der Waals surface area contributed by atoms with E-state index in [4.69, 9.17) is 14.2 Å². The van der Waals surface area contributed by atoms with Crippen LogP contribution in [0.15, 0.2) is 170 Å². The molecule has 1 atom stereocenters. The highest BCUT2D eigenvalue weighted by Gasteiger charge is 2.19. The molecule has 0 aliphatic rings. The largest absolute Gasteiger partial charge is 0.462 e. The van der Waals surface area contributed by atoms with Crippen LogP contribution in [0, 0.1) is 0 Å². The molecule has 0 aromatic carbocycles. The summed E-state index contributed by atoms with van der Waals surface area (Å²) in [6, 6.07) is 0. The second-order valence-corrected chi connectivity index (χ2v) is 21.3. The van der Waals surface area contributed by atoms with Crippen LogP contribution in [0.2, 0.25) is 0 Å². The Hall–Kier alpha value is -5.23. The van der Waals surface area contributed by atoms with Gasteiger partial charge in [0.15, 0.2) is 6.10 Å². The van der Waals surface area contributed by atoms with E-state index < -0.39 is 6.10 Å². The van der Waals surface area contributed by atoms with Crippen LogP contribution >= 0.6 is 0 Å². The van der Waals surface area contributed by atoms with Crippen molar-refractivity contribution in [1.29, 1.82) is 0 Å². The minimum atomic E-state index is -0.803. The molecule has 0 aliphatic carbocycles. The third-order valence-corrected chi connectivity index (χ3v) is 13.4. The Balaban J connectivity index is 4.33. The molecule has 0 amide bonds. The number of rotatable bonds is 58. The molecule has 1 unspecified atom stereocenters. The molecule has 460 valence electrons. The summed E-state index contributed by atoms with van der Waals surface area (Å²) in [5, 5.41) is 0. The molecule has 0 N–H and O–H groups in total. The minimum absolute atomic E-state index is 0.0987. The smallest absolute Gasteiger partial charge is 0.306 e. The fraction of sp³-hybridized carbons (Fsp3) is 0.592. The van der Waals surface area contributed by atoms with Gasteiger partial charge in [-0.2, -0.15) is 0 Å². The second kappa shape index (κ2) is 68.3. The topological polar surface area (TPSA) is 78.9 Å². The van der Waals surface area contributed by atoms with Crippen LogP contribution in [0.3, 0.4) is 0 Å². The molecule has 0 aromatic heterocycles. The first-order chi connectivity index (χ1) is 40.5. The molecule has 0 bridgehead atoms. The predicted octanol–water partition coefficient (Wildman–Crippen LogP) is 23.0. The zero-order valence-electron chi connectivity index (χ0n) is 52.7. The second-order valence-electron chi connectivity index (χ2n) is 21.3. The van der Waals surface area contributed by atoms with Crippen molar-refractivity contribution in [3.8, 4) is 0 Å². The molecule has 0 fully saturated rings. The molecular weight excluding hydrogens is 1010 g/mol. The lowest BCUT2D eigenvalue weighted by Gasteiger charge is -2.18. The summed E-state index contributed by atoms with van der Waals surface area (Å²) in [5.41, 5.74) is 0. The van der Waals surface area contributed by atoms with Crippen LogP contribution in [0.1, 0.15) is 271 Å². The van der Waals surface area contributed by atoms with Gasteiger partial charge in [0.25, 0.3) is 0 Å². The van der Waals surface area contributed by atoms with Crippen molar-refractivity contribution in [2.45, 2.75) is 277 Å². The molecule has 0 aliphatic heterocycles. The summed E-state index contributed by atoms with van der Waals surface area (Å²) in [4.78, 5) is 38.3. The number of carbonyl (C=O) groups is 3. The number of hydrogen-bond donors (Lipinski definition) is 0. The quantitative estimate of drug-likeness (QED) is 0.0261. The van der Waals surface area contributed by atoms with Gasteiger partial charge in [0.2, 0.25) is 0 Å². The fourth-order valence-corrected chi connectivity index (χ4v) is 8.55. The van der Waals surface area contributed by atoms with Crippen LogP contribution in [0.5, 0.6) is 0 Å². The highest BCUT2D eigenvalue weighted by molar-refractivity contribution is 5.71. The average molecular weight is 1130 g/mol. The highest BCUT2D eigenvalue weighted by atomic mass is 16.6. The Labute approximate surface area is 504 Å². The number of allylic oxidation sites excluding steroid dienone is 28. The van der Waals surface area contributed by atoms with Gasteiger partial charge in [0.05, 0.1) is 0 Å². The van der Waals surface area contributed by atoms with Crippen LogP contribution in [0.25, 0.3) is 0 Å². The molecule has 0 radical (unpaired) electrons. The van der Waals surface area contributed by atoms with E-state index in [1.165, 1.54) is 44.9 Å². The zero-order valence-corrected chi connectivity index (χ0v) is 52.7. The number of carbonyl (C=O) groups excluding carboxylic acids is 3. The summed E-state index contributed by atoms with van der Waals surface area (Å²) < 4.78 is 16.9. The number of esters is 3. The number of unbranched alkanes of at least 4 members (excludes halogenated alkanes) is 19. The van der Waals surface area contributed by atoms with E-state index in [0.717, 1.165) is 186 Å². The summed E-state index contributed by atoms with van der Waals surface area (Å²) in [5.74, 6) is -0.939. The Morgan fingerprint density at radius 3 is 0.756 bits per heavy atom. The fourth-order valence-electron chi connectivity index (χ4n) is 8.55. The SMILES string of the molecule is CC/C=C\C/C=C\C/C=C\C/C=C\C/C=C\C/C=C\C/C=C\C/C=C\CCCCCCCCC(=O)OCC(COC(=O)CCCCCCC/C=C\CCC)OC(=O)CCCCCCCCC/C=C\C/C=C\C/C=C\C/C=C\C/C=C\CC. The molecule has 0 rings (SSSR count). The molecule has 82 heavy (non-hydrogen) atoms. The van der Waals surface area contributed by atoms with Gasteiger partial charge in [-0.05, 0) is 148 Å². The van der Waals surface area contributed by atoms with E-state index in [1.807, 2.05) is 0 Å². The maximum absolute atomic E-state index is 12.9. The van der Waals surface area contributed by atoms with Crippen LogP contribution in [-0.4, -0.2) is 37.2 Å². The van der Waals surface area contributed by atoms with Crippen LogP contribution in [-0.2, 0) is 28.6 Å². The van der Waals surface area contributed by atoms with Gasteiger partial charge in [-0.15, -0.1) is 0 Å². The maximum atomic E-state index is 12.9. The van der Waals surface area contributed by atoms with E-state index in [0.29, 0.717) is 19.3 Å². The predicted molar refractivity (Wildman–Crippen MR) is 357 cm³/mol. The molecule has 6 heteroatoms. The van der Waals surface area contributed by atoms with Gasteiger partial charge in [-0.1, -0.05) is 274 Å². The normalized spacial score (nSPS) is 13.3. The third-order valence-electron chi connectivity index (χ3n) is 13.4. The van der Waals surface area contributed by atoms with Crippen molar-refractivity contribution in [2.24, 2.45) is 0 Å². The van der Waals surface area contributed by atoms with E-state index in [2.05, 4.69) is 191 Å². The number of hydrogen-bond acceptors (Lipinski definition) is 6. The van der Waals surface area contributed by atoms with Crippen molar-refractivity contribution in [3.05, 3.63) is 170 Å². The van der Waals surface area contributed by atoms with Gasteiger partial charge in [-0.3, -0.25) is 14.4 Å². The van der Waals surface area contributed by atoms with Crippen molar-refractivity contribution in [2.75, 3.05) is 13.2 Å². The summed E-state index contributed by atoms with van der Waals surface area (Å²) in [6.07, 6.45) is 101. The van der Waals surface area contributed by atoms with Crippen molar-refractivity contribution >= 4 is 17.9 Å². The zero-order chi connectivity index (χ0) is 59.2. The van der Waals surface area contributed by atoms with Crippen LogP contribution in [0.4, 0.5) is 0 Å². The Bertz CT molecular complexity index is 1870. The molecule has 0 saturated heterocycles. The average Bonchev–Trinajstić information content (AvgIpc) is 3.47. The minimum Gasteiger partial charge on any atom is -0.462 e. The highest BCUT2D eigenvalue weighted by Crippen LogP contribution is 2.14. The van der Waals surface area contributed by atoms with Gasteiger partial charge < -0.3 is 14.2 Å². The van der Waals surface area contributed by atoms with Crippen molar-refractivity contribution in [1.82, 2.24) is 0 Å².